The van der Waals surface area contributed by atoms with Crippen LogP contribution in [0.1, 0.15) is 46.5 Å². The third kappa shape index (κ3) is 9.70. The fourth-order valence-electron chi connectivity index (χ4n) is 1.83. The lowest BCUT2D eigenvalue weighted by Gasteiger charge is -2.24. The minimum absolute atomic E-state index is 0.131. The van der Waals surface area contributed by atoms with Crippen molar-refractivity contribution >= 4 is 10.1 Å². The molecule has 0 amide bonds. The van der Waals surface area contributed by atoms with E-state index in [4.69, 9.17) is 9.47 Å². The minimum atomic E-state index is -4.38. The van der Waals surface area contributed by atoms with Crippen molar-refractivity contribution in [3.8, 4) is 0 Å². The number of ether oxygens (including phenoxy) is 2. The van der Waals surface area contributed by atoms with Crippen LogP contribution in [0.3, 0.4) is 0 Å². The van der Waals surface area contributed by atoms with Gasteiger partial charge in [-0.15, -0.1) is 0 Å². The molecule has 1 rings (SSSR count). The average Bonchev–Trinajstić information content (AvgIpc) is 2.91. The third-order valence-corrected chi connectivity index (χ3v) is 4.24. The van der Waals surface area contributed by atoms with Crippen molar-refractivity contribution in [3.63, 3.8) is 0 Å². The average molecular weight is 350 g/mol. The lowest BCUT2D eigenvalue weighted by molar-refractivity contribution is -0.671. The number of methoxy groups -OCH3 is 1. The monoisotopic (exact) mass is 350 g/mol. The van der Waals surface area contributed by atoms with Crippen molar-refractivity contribution in [1.29, 1.82) is 0 Å². The lowest BCUT2D eigenvalue weighted by Crippen LogP contribution is -2.29. The van der Waals surface area contributed by atoms with Crippen LogP contribution in [0.15, 0.2) is 18.7 Å². The summed E-state index contributed by atoms with van der Waals surface area (Å²) in [5.41, 5.74) is -1.31. The van der Waals surface area contributed by atoms with E-state index in [9.17, 15) is 13.0 Å². The van der Waals surface area contributed by atoms with E-state index in [0.717, 1.165) is 6.54 Å². The first-order valence-electron chi connectivity index (χ1n) is 7.92. The van der Waals surface area contributed by atoms with Gasteiger partial charge in [0.05, 0.1) is 13.6 Å². The fraction of sp³-hybridized carbons (Fsp3) is 0.800. The molecule has 23 heavy (non-hydrogen) atoms. The summed E-state index contributed by atoms with van der Waals surface area (Å²) in [4.78, 5) is 0. The van der Waals surface area contributed by atoms with E-state index in [0.29, 0.717) is 6.42 Å². The third-order valence-electron chi connectivity index (χ3n) is 3.15. The Balaban J connectivity index is 0.000000433. The second-order valence-corrected chi connectivity index (χ2v) is 6.72. The molecule has 2 atom stereocenters. The van der Waals surface area contributed by atoms with Crippen LogP contribution in [0.2, 0.25) is 0 Å². The zero-order valence-corrected chi connectivity index (χ0v) is 15.6. The van der Waals surface area contributed by atoms with E-state index < -0.39 is 21.8 Å². The molecule has 8 heteroatoms. The lowest BCUT2D eigenvalue weighted by atomic mass is 10.3. The predicted molar refractivity (Wildman–Crippen MR) is 86.5 cm³/mol. The summed E-state index contributed by atoms with van der Waals surface area (Å²) in [5, 5.41) is 0. The highest BCUT2D eigenvalue weighted by Gasteiger charge is 2.18. The van der Waals surface area contributed by atoms with Crippen LogP contribution in [0, 0.1) is 0 Å². The molecule has 1 heterocycles. The van der Waals surface area contributed by atoms with Crippen molar-refractivity contribution in [2.45, 2.75) is 64.7 Å². The molecular weight excluding hydrogens is 320 g/mol. The quantitative estimate of drug-likeness (QED) is 0.385. The molecular formula is C15H30N2O5S. The topological polar surface area (TPSA) is 84.5 Å². The van der Waals surface area contributed by atoms with Crippen LogP contribution in [-0.2, 0) is 33.2 Å². The molecule has 0 fully saturated rings. The molecule has 0 spiro atoms. The van der Waals surface area contributed by atoms with E-state index >= 15 is 0 Å². The maximum atomic E-state index is 10.6. The first-order valence-corrected chi connectivity index (χ1v) is 9.39. The summed E-state index contributed by atoms with van der Waals surface area (Å²) in [6.07, 6.45) is 8.82. The Morgan fingerprint density at radius 3 is 2.26 bits per heavy atom. The van der Waals surface area contributed by atoms with Crippen LogP contribution in [-0.4, -0.2) is 36.4 Å². The maximum Gasteiger partial charge on any atom is 0.243 e. The van der Waals surface area contributed by atoms with Crippen molar-refractivity contribution in [2.24, 2.45) is 7.05 Å². The minimum Gasteiger partial charge on any atom is -0.746 e. The predicted octanol–water partition coefficient (Wildman–Crippen LogP) is 1.78. The summed E-state index contributed by atoms with van der Waals surface area (Å²) < 4.78 is 45.8. The SMILES string of the molecule is CCC(OC)OC(CC)S(=O)(=O)[O-].CCCCn1cc[n+](C)c1. The highest BCUT2D eigenvalue weighted by Crippen LogP contribution is 2.11. The van der Waals surface area contributed by atoms with Gasteiger partial charge in [0.15, 0.2) is 6.29 Å². The van der Waals surface area contributed by atoms with Crippen molar-refractivity contribution in [2.75, 3.05) is 7.11 Å². The molecule has 136 valence electrons. The van der Waals surface area contributed by atoms with E-state index in [-0.39, 0.29) is 6.42 Å². The van der Waals surface area contributed by atoms with Gasteiger partial charge in [-0.2, -0.15) is 0 Å². The van der Waals surface area contributed by atoms with Gasteiger partial charge in [-0.25, -0.2) is 17.6 Å². The molecule has 0 radical (unpaired) electrons. The molecule has 0 saturated carbocycles. The normalized spacial score (nSPS) is 14.0. The standard InChI is InChI=1S/C8H15N2.C7H16O5S/c1-3-4-5-10-7-6-9(2)8-10;1-4-6(11-3)12-7(5-2)13(8,9)10/h6-8H,3-5H2,1-2H3;6-7H,4-5H2,1-3H3,(H,8,9,10)/q+1;/p-1. The highest BCUT2D eigenvalue weighted by atomic mass is 32.2. The number of hydrogen-bond donors (Lipinski definition) is 0. The van der Waals surface area contributed by atoms with Gasteiger partial charge < -0.3 is 14.0 Å². The number of hydrogen-bond acceptors (Lipinski definition) is 5. The van der Waals surface area contributed by atoms with Crippen LogP contribution in [0.5, 0.6) is 0 Å². The molecule has 0 aliphatic carbocycles. The Morgan fingerprint density at radius 1 is 1.26 bits per heavy atom. The highest BCUT2D eigenvalue weighted by molar-refractivity contribution is 7.86. The largest absolute Gasteiger partial charge is 0.746 e. The molecule has 1 aromatic rings. The van der Waals surface area contributed by atoms with Gasteiger partial charge in [0.2, 0.25) is 6.33 Å². The number of rotatable bonds is 9. The van der Waals surface area contributed by atoms with Crippen molar-refractivity contribution in [1.82, 2.24) is 4.57 Å². The Hall–Kier alpha value is -0.960. The number of aromatic nitrogens is 2. The number of unbranched alkanes of at least 4 members (excludes halogenated alkanes) is 1. The summed E-state index contributed by atoms with van der Waals surface area (Å²) >= 11 is 0. The zero-order chi connectivity index (χ0) is 17.9. The van der Waals surface area contributed by atoms with Crippen LogP contribution < -0.4 is 4.57 Å². The van der Waals surface area contributed by atoms with Crippen LogP contribution in [0.4, 0.5) is 0 Å². The molecule has 0 bridgehead atoms. The van der Waals surface area contributed by atoms with Crippen molar-refractivity contribution in [3.05, 3.63) is 18.7 Å². The van der Waals surface area contributed by atoms with Gasteiger partial charge in [0.1, 0.15) is 27.9 Å². The van der Waals surface area contributed by atoms with Gasteiger partial charge in [-0.05, 0) is 19.3 Å². The molecule has 1 aromatic heterocycles. The Morgan fingerprint density at radius 2 is 1.91 bits per heavy atom. The summed E-state index contributed by atoms with van der Waals surface area (Å²) in [7, 11) is -0.937. The Labute approximate surface area is 140 Å². The van der Waals surface area contributed by atoms with Gasteiger partial charge in [-0.3, -0.25) is 0 Å². The molecule has 0 aromatic carbocycles. The first kappa shape index (κ1) is 22.0. The second kappa shape index (κ2) is 11.6. The first-order chi connectivity index (χ1) is 10.8. The number of nitrogens with zero attached hydrogens (tertiary/aromatic N) is 2. The fourth-order valence-corrected chi connectivity index (χ4v) is 2.50. The number of imidazole rings is 1. The zero-order valence-electron chi connectivity index (χ0n) is 14.8. The van der Waals surface area contributed by atoms with Gasteiger partial charge >= 0.3 is 0 Å². The van der Waals surface area contributed by atoms with Crippen molar-refractivity contribution < 1.29 is 27.0 Å². The van der Waals surface area contributed by atoms with E-state index in [1.807, 2.05) is 7.05 Å². The Kier molecular flexibility index (Phi) is 11.1. The number of aryl methyl sites for hydroxylation is 2. The molecule has 7 nitrogen and oxygen atoms in total. The van der Waals surface area contributed by atoms with Crippen LogP contribution in [0.25, 0.3) is 0 Å². The van der Waals surface area contributed by atoms with Gasteiger partial charge in [-0.1, -0.05) is 27.2 Å². The summed E-state index contributed by atoms with van der Waals surface area (Å²) in [5.74, 6) is 0. The van der Waals surface area contributed by atoms with Gasteiger partial charge in [0, 0.05) is 7.11 Å². The van der Waals surface area contributed by atoms with E-state index in [2.05, 4.69) is 34.8 Å². The summed E-state index contributed by atoms with van der Waals surface area (Å²) in [6.45, 7) is 6.71. The van der Waals surface area contributed by atoms with E-state index in [1.165, 1.54) is 20.0 Å². The van der Waals surface area contributed by atoms with E-state index in [1.54, 1.807) is 13.8 Å². The Bertz CT molecular complexity index is 512. The molecule has 0 N–H and O–H groups in total. The molecule has 0 saturated heterocycles. The molecule has 2 unspecified atom stereocenters. The van der Waals surface area contributed by atoms with Crippen LogP contribution >= 0.6 is 0 Å². The smallest absolute Gasteiger partial charge is 0.243 e. The molecule has 0 aliphatic heterocycles. The maximum absolute atomic E-state index is 10.6. The summed E-state index contributed by atoms with van der Waals surface area (Å²) in [6, 6.07) is 0. The van der Waals surface area contributed by atoms with Gasteiger partial charge in [0.25, 0.3) is 0 Å². The molecule has 0 aliphatic rings. The second-order valence-electron chi connectivity index (χ2n) is 5.21.